The summed E-state index contributed by atoms with van der Waals surface area (Å²) in [7, 11) is 0. The fourth-order valence-electron chi connectivity index (χ4n) is 9.05. The van der Waals surface area contributed by atoms with Crippen LogP contribution in [-0.4, -0.2) is 171 Å². The monoisotopic (exact) mass is 1270 g/mol. The summed E-state index contributed by atoms with van der Waals surface area (Å²) in [5.74, 6) is -9.04. The number of phenolic OH excluding ortho intramolecular Hbond substituents is 1. The Morgan fingerprint density at radius 3 is 1.52 bits per heavy atom. The minimum atomic E-state index is -1.45. The predicted molar refractivity (Wildman–Crippen MR) is 337 cm³/mol. The van der Waals surface area contributed by atoms with E-state index in [0.717, 1.165) is 10.9 Å². The first kappa shape index (κ1) is 69.9. The Hall–Kier alpha value is -9.85. The van der Waals surface area contributed by atoms with E-state index in [2.05, 4.69) is 98.0 Å². The molecule has 0 bridgehead atoms. The van der Waals surface area contributed by atoms with Crippen LogP contribution < -0.4 is 76.5 Å². The molecule has 5 rings (SSSR count). The lowest BCUT2D eigenvalue weighted by atomic mass is 10.0. The zero-order chi connectivity index (χ0) is 65.0. The Balaban J connectivity index is 1.34. The molecule has 0 saturated carbocycles. The van der Waals surface area contributed by atoms with Crippen LogP contribution in [-0.2, 0) is 73.6 Å². The van der Waals surface area contributed by atoms with Gasteiger partial charge in [-0.25, -0.2) is 4.98 Å². The van der Waals surface area contributed by atoms with Gasteiger partial charge in [-0.05, 0) is 60.6 Å². The van der Waals surface area contributed by atoms with E-state index in [1.165, 1.54) is 31.6 Å². The summed E-state index contributed by atoms with van der Waals surface area (Å²) in [6.45, 7) is 0.558. The Morgan fingerprint density at radius 2 is 1.00 bits per heavy atom. The van der Waals surface area contributed by atoms with Gasteiger partial charge < -0.3 is 91.6 Å². The van der Waals surface area contributed by atoms with Crippen molar-refractivity contribution in [3.8, 4) is 5.75 Å². The topological polar surface area (TPSA) is 498 Å². The molecule has 2 heterocycles. The van der Waals surface area contributed by atoms with Gasteiger partial charge >= 0.3 is 0 Å². The van der Waals surface area contributed by atoms with E-state index in [4.69, 9.17) is 28.7 Å². The molecule has 0 fully saturated rings. The van der Waals surface area contributed by atoms with Crippen LogP contribution in [0, 0.1) is 0 Å². The highest BCUT2D eigenvalue weighted by Gasteiger charge is 2.34. The van der Waals surface area contributed by atoms with E-state index in [-0.39, 0.29) is 93.6 Å². The number of aliphatic imine (C=N–C) groups is 2. The lowest BCUT2D eigenvalue weighted by molar-refractivity contribution is -0.135. The molecule has 0 aliphatic rings. The molecule has 32 heteroatoms. The number of para-hydroxylation sites is 1. The minimum Gasteiger partial charge on any atom is -0.508 e. The van der Waals surface area contributed by atoms with Gasteiger partial charge in [0.2, 0.25) is 59.1 Å². The number of aromatic nitrogens is 3. The second kappa shape index (κ2) is 35.7. The van der Waals surface area contributed by atoms with Gasteiger partial charge in [-0.2, -0.15) is 25.3 Å². The van der Waals surface area contributed by atoms with Gasteiger partial charge in [0.1, 0.15) is 54.1 Å². The fraction of sp³-hybridized carbons (Fsp3) is 0.386. The maximum atomic E-state index is 14.7. The molecule has 0 radical (unpaired) electrons. The number of carbonyl (C=O) groups excluding carboxylic acids is 10. The summed E-state index contributed by atoms with van der Waals surface area (Å²) in [5, 5.41) is 34.0. The number of hydrogen-bond donors (Lipinski definition) is 19. The molecule has 0 unspecified atom stereocenters. The molecule has 0 aliphatic carbocycles. The third-order valence-corrected chi connectivity index (χ3v) is 14.3. The number of amides is 10. The summed E-state index contributed by atoms with van der Waals surface area (Å²) in [6.07, 6.45) is 4.14. The Bertz CT molecular complexity index is 3270. The van der Waals surface area contributed by atoms with Crippen molar-refractivity contribution < 1.29 is 53.1 Å². The molecule has 22 N–H and O–H groups in total. The number of H-pyrrole nitrogens is 2. The zero-order valence-corrected chi connectivity index (χ0v) is 50.5. The van der Waals surface area contributed by atoms with Crippen molar-refractivity contribution in [1.29, 1.82) is 0 Å². The van der Waals surface area contributed by atoms with Crippen molar-refractivity contribution in [2.45, 2.75) is 107 Å². The first-order valence-corrected chi connectivity index (χ1v) is 29.4. The number of aromatic hydroxyl groups is 1. The van der Waals surface area contributed by atoms with Gasteiger partial charge in [-0.1, -0.05) is 60.7 Å². The van der Waals surface area contributed by atoms with Crippen LogP contribution in [0.1, 0.15) is 55.0 Å². The number of nitrogens with two attached hydrogens (primary N) is 5. The number of imidazole rings is 1. The van der Waals surface area contributed by atoms with E-state index in [9.17, 15) is 53.1 Å². The van der Waals surface area contributed by atoms with E-state index in [1.807, 2.05) is 18.2 Å². The highest BCUT2D eigenvalue weighted by Crippen LogP contribution is 2.20. The van der Waals surface area contributed by atoms with Gasteiger partial charge in [0, 0.05) is 86.2 Å². The molecular formula is C57H77N19O11S2. The van der Waals surface area contributed by atoms with Crippen molar-refractivity contribution in [3.05, 3.63) is 120 Å². The minimum absolute atomic E-state index is 0.0183. The van der Waals surface area contributed by atoms with Gasteiger partial charge in [0.05, 0.1) is 12.9 Å². The molecule has 2 aromatic heterocycles. The fourth-order valence-corrected chi connectivity index (χ4v) is 9.58. The number of hydrogen-bond acceptors (Lipinski definition) is 16. The second-order valence-corrected chi connectivity index (χ2v) is 21.3. The van der Waals surface area contributed by atoms with Crippen LogP contribution in [0.3, 0.4) is 0 Å². The van der Waals surface area contributed by atoms with E-state index < -0.39 is 114 Å². The molecule has 5 aromatic rings. The molecule has 0 aliphatic heterocycles. The number of phenols is 1. The average molecular weight is 1270 g/mol. The first-order chi connectivity index (χ1) is 42.5. The number of thiol groups is 2. The van der Waals surface area contributed by atoms with Crippen molar-refractivity contribution in [2.75, 3.05) is 31.1 Å². The molecular weight excluding hydrogens is 1190 g/mol. The average Bonchev–Trinajstić information content (AvgIpc) is 2.91. The summed E-state index contributed by atoms with van der Waals surface area (Å²) >= 11 is 8.41. The second-order valence-electron chi connectivity index (χ2n) is 20.5. The number of nitrogens with one attached hydrogen (secondary N) is 11. The van der Waals surface area contributed by atoms with Crippen molar-refractivity contribution in [1.82, 2.24) is 62.8 Å². The molecule has 3 aromatic carbocycles. The molecule has 30 nitrogen and oxygen atoms in total. The number of rotatable bonds is 36. The standard InChI is InChI=1S/C57H77N19O11S2/c1-31(77)69-41(22-33-15-17-36(78)18-16-33)52(84)71-40(14-8-20-65-57(61)62)51(83)76-46(29-89)49(81)67-27-47(79)70-44(24-35-26-63-30-68-35)55(87)73-42(21-32-9-3-2-4-10-32)53(85)72-39(13-7-19-64-56(59)60)50(82)74-43(54(86)75-45(28-88)48(58)80)23-34-25-66-38-12-6-5-11-37(34)38/h2-6,9-12,15-18,25-26,30,39-46,66,78,88-89H,7-8,13-14,19-24,27-29H2,1H3,(H2,58,80)(H,63,68)(H,67,81)(H,69,77)(H,70,79)(H,71,84)(H,72,85)(H,73,87)(H,74,82)(H,75,86)(H,76,83)(H4,59,60,64)(H4,61,62,65)/t39-,40-,41-,42+,43-,44-,45-,46-/m0/s1. The number of fused-ring (bicyclic) bond motifs is 1. The number of primary amides is 1. The van der Waals surface area contributed by atoms with Crippen LogP contribution in [0.4, 0.5) is 0 Å². The highest BCUT2D eigenvalue weighted by molar-refractivity contribution is 7.80. The summed E-state index contributed by atoms with van der Waals surface area (Å²) in [4.78, 5) is 155. The van der Waals surface area contributed by atoms with Crippen molar-refractivity contribution in [3.63, 3.8) is 0 Å². The normalized spacial score (nSPS) is 13.6. The van der Waals surface area contributed by atoms with Crippen molar-refractivity contribution in [2.24, 2.45) is 38.7 Å². The number of guanidine groups is 2. The molecule has 0 spiro atoms. The van der Waals surface area contributed by atoms with Gasteiger partial charge in [0.15, 0.2) is 11.9 Å². The molecule has 10 amide bonds. The van der Waals surface area contributed by atoms with E-state index in [0.29, 0.717) is 22.4 Å². The number of nitrogens with zero attached hydrogens (tertiary/aromatic N) is 3. The van der Waals surface area contributed by atoms with Crippen LogP contribution in [0.2, 0.25) is 0 Å². The largest absolute Gasteiger partial charge is 0.508 e. The van der Waals surface area contributed by atoms with Crippen LogP contribution in [0.25, 0.3) is 10.9 Å². The predicted octanol–water partition coefficient (Wildman–Crippen LogP) is -3.67. The smallest absolute Gasteiger partial charge is 0.243 e. The first-order valence-electron chi connectivity index (χ1n) is 28.2. The summed E-state index contributed by atoms with van der Waals surface area (Å²) in [6, 6.07) is 11.0. The van der Waals surface area contributed by atoms with Crippen LogP contribution in [0.15, 0.2) is 108 Å². The molecule has 8 atom stereocenters. The maximum absolute atomic E-state index is 14.7. The number of benzene rings is 3. The SMILES string of the molecule is CC(=O)N[C@@H](Cc1ccc(O)cc1)C(=O)N[C@@H](CCCN=C(N)N)C(=O)N[C@@H](CS)C(=O)NCC(=O)N[C@@H](Cc1cnc[nH]1)C(=O)N[C@H](Cc1ccccc1)C(=O)N[C@@H](CCCN=C(N)N)C(=O)N[C@@H](Cc1c[nH]c2ccccc12)C(=O)N[C@@H](CS)C(N)=O. The molecule has 478 valence electrons. The maximum Gasteiger partial charge on any atom is 0.243 e. The zero-order valence-electron chi connectivity index (χ0n) is 48.7. The Morgan fingerprint density at radius 1 is 0.528 bits per heavy atom. The van der Waals surface area contributed by atoms with Gasteiger partial charge in [-0.15, -0.1) is 0 Å². The van der Waals surface area contributed by atoms with Crippen molar-refractivity contribution >= 4 is 107 Å². The molecule has 89 heavy (non-hydrogen) atoms. The van der Waals surface area contributed by atoms with Crippen LogP contribution >= 0.6 is 25.3 Å². The van der Waals surface area contributed by atoms with E-state index >= 15 is 0 Å². The Kier molecular flexibility index (Phi) is 28.0. The third kappa shape index (κ3) is 23.7. The van der Waals surface area contributed by atoms with Crippen LogP contribution in [0.5, 0.6) is 5.75 Å². The quantitative estimate of drug-likeness (QED) is 0.00795. The van der Waals surface area contributed by atoms with Gasteiger partial charge in [-0.3, -0.25) is 57.9 Å². The van der Waals surface area contributed by atoms with Gasteiger partial charge in [0.25, 0.3) is 0 Å². The Labute approximate surface area is 522 Å². The molecule has 0 saturated heterocycles. The summed E-state index contributed by atoms with van der Waals surface area (Å²) < 4.78 is 0. The number of carbonyl (C=O) groups is 10. The van der Waals surface area contributed by atoms with E-state index in [1.54, 1.807) is 54.7 Å². The highest BCUT2D eigenvalue weighted by atomic mass is 32.1. The third-order valence-electron chi connectivity index (χ3n) is 13.6. The number of aromatic amines is 2. The lowest BCUT2D eigenvalue weighted by Crippen LogP contribution is -2.60. The summed E-state index contributed by atoms with van der Waals surface area (Å²) in [5.41, 5.74) is 30.6. The lowest BCUT2D eigenvalue weighted by Gasteiger charge is -2.27.